The van der Waals surface area contributed by atoms with Crippen molar-refractivity contribution >= 4 is 17.6 Å². The monoisotopic (exact) mass is 496 g/mol. The van der Waals surface area contributed by atoms with Gasteiger partial charge in [-0.1, -0.05) is 43.3 Å². The number of halogens is 4. The molecule has 10 heteroatoms. The van der Waals surface area contributed by atoms with Crippen LogP contribution in [0.2, 0.25) is 5.02 Å². The van der Waals surface area contributed by atoms with Crippen molar-refractivity contribution in [3.05, 3.63) is 94.4 Å². The highest BCUT2D eigenvalue weighted by molar-refractivity contribution is 6.31. The summed E-state index contributed by atoms with van der Waals surface area (Å²) in [5.41, 5.74) is 2.26. The predicted octanol–water partition coefficient (Wildman–Crippen LogP) is 5.38. The molecule has 0 fully saturated rings. The average Bonchev–Trinajstić information content (AvgIpc) is 2.75. The Labute approximate surface area is 199 Å². The van der Waals surface area contributed by atoms with Crippen molar-refractivity contribution in [1.29, 1.82) is 0 Å². The molecule has 182 valence electrons. The zero-order valence-electron chi connectivity index (χ0n) is 18.4. The van der Waals surface area contributed by atoms with Gasteiger partial charge in [-0.2, -0.15) is 13.2 Å². The van der Waals surface area contributed by atoms with Crippen molar-refractivity contribution in [2.24, 2.45) is 5.73 Å². The minimum absolute atomic E-state index is 0.0258. The van der Waals surface area contributed by atoms with Crippen molar-refractivity contribution in [3.63, 3.8) is 0 Å². The summed E-state index contributed by atoms with van der Waals surface area (Å²) in [4.78, 5) is 15.1. The Hall–Kier alpha value is -3.30. The van der Waals surface area contributed by atoms with Gasteiger partial charge < -0.3 is 20.7 Å². The number of hydrogen-bond donors (Lipinski definition) is 3. The fourth-order valence-electron chi connectivity index (χ4n) is 3.34. The Morgan fingerprint density at radius 1 is 1.32 bits per heavy atom. The Balaban J connectivity index is 2.38. The van der Waals surface area contributed by atoms with Gasteiger partial charge in [-0.3, -0.25) is 4.98 Å². The first kappa shape index (κ1) is 26.9. The number of rotatable bonds is 9. The van der Waals surface area contributed by atoms with Gasteiger partial charge in [-0.15, -0.1) is 0 Å². The molecule has 2 unspecified atom stereocenters. The van der Waals surface area contributed by atoms with E-state index >= 15 is 0 Å². The molecule has 2 aromatic rings. The predicted molar refractivity (Wildman–Crippen MR) is 123 cm³/mol. The quantitative estimate of drug-likeness (QED) is 0.402. The molecule has 0 aliphatic heterocycles. The first-order valence-electron chi connectivity index (χ1n) is 9.97. The maximum Gasteiger partial charge on any atom is 0.422 e. The molecule has 0 amide bonds. The fourth-order valence-corrected chi connectivity index (χ4v) is 3.67. The molecule has 0 bridgehead atoms. The molecule has 1 heterocycles. The number of benzene rings is 1. The molecule has 1 aromatic heterocycles. The lowest BCUT2D eigenvalue weighted by Crippen LogP contribution is -2.50. The normalized spacial score (nSPS) is 15.4. The van der Waals surface area contributed by atoms with Crippen molar-refractivity contribution in [2.45, 2.75) is 38.1 Å². The molecule has 4 N–H and O–H groups in total. The molecule has 0 aliphatic rings. The first-order valence-corrected chi connectivity index (χ1v) is 10.4. The summed E-state index contributed by atoms with van der Waals surface area (Å²) in [7, 11) is 0. The largest absolute Gasteiger partial charge is 0.487 e. The summed E-state index contributed by atoms with van der Waals surface area (Å²) in [5.74, 6) is -2.42. The van der Waals surface area contributed by atoms with Crippen LogP contribution >= 0.6 is 11.6 Å². The maximum atomic E-state index is 14.2. The Kier molecular flexibility index (Phi) is 8.52. The second-order valence-corrected chi connectivity index (χ2v) is 7.95. The summed E-state index contributed by atoms with van der Waals surface area (Å²) in [6.07, 6.45) is -0.528. The smallest absolute Gasteiger partial charge is 0.422 e. The number of pyridine rings is 1. The molecule has 0 saturated heterocycles. The van der Waals surface area contributed by atoms with E-state index in [0.29, 0.717) is 5.69 Å². The molecule has 6 nitrogen and oxygen atoms in total. The molecule has 2 rings (SSSR count). The number of nitrogens with two attached hydrogens (primary N) is 1. The highest BCUT2D eigenvalue weighted by Crippen LogP contribution is 2.48. The number of alkyl halides is 3. The second kappa shape index (κ2) is 10.8. The van der Waals surface area contributed by atoms with Crippen LogP contribution in [0, 0.1) is 0 Å². The molecule has 0 saturated carbocycles. The van der Waals surface area contributed by atoms with E-state index in [1.165, 1.54) is 50.4 Å². The van der Waals surface area contributed by atoms with Crippen LogP contribution in [0.1, 0.15) is 41.4 Å². The summed E-state index contributed by atoms with van der Waals surface area (Å²) >= 11 is 6.28. The van der Waals surface area contributed by atoms with Crippen LogP contribution in [-0.4, -0.2) is 32.9 Å². The molecule has 2 atom stereocenters. The van der Waals surface area contributed by atoms with E-state index in [-0.39, 0.29) is 34.2 Å². The fraction of sp³-hybridized carbons (Fsp3) is 0.250. The number of hydrogen-bond acceptors (Lipinski definition) is 5. The summed E-state index contributed by atoms with van der Waals surface area (Å²) in [6.45, 7) is 5.93. The summed E-state index contributed by atoms with van der Waals surface area (Å²) < 4.78 is 48.0. The standard InChI is InChI=1S/C24H24ClF3N2O4/c1-4-5-17(10-14(2)29)23(33,24(26,27)28)15(3)20-7-6-19(12-21(20)25)34-13-18-11-16(22(31)32)8-9-30-18/h4-12,15,33H,1,13,29H2,2-3H3,(H,31,32)/b14-10-,17-5+. The number of allylic oxidation sites excluding steroid dienone is 3. The van der Waals surface area contributed by atoms with Crippen molar-refractivity contribution in [3.8, 4) is 5.75 Å². The van der Waals surface area contributed by atoms with Crippen LogP contribution < -0.4 is 10.5 Å². The van der Waals surface area contributed by atoms with Crippen LogP contribution in [0.25, 0.3) is 0 Å². The summed E-state index contributed by atoms with van der Waals surface area (Å²) in [5, 5.41) is 19.9. The minimum Gasteiger partial charge on any atom is -0.487 e. The number of aliphatic hydroxyl groups is 1. The third-order valence-corrected chi connectivity index (χ3v) is 5.40. The lowest BCUT2D eigenvalue weighted by molar-refractivity contribution is -0.250. The van der Waals surface area contributed by atoms with Gasteiger partial charge in [0.05, 0.1) is 11.3 Å². The topological polar surface area (TPSA) is 106 Å². The van der Waals surface area contributed by atoms with Crippen molar-refractivity contribution in [1.82, 2.24) is 4.98 Å². The highest BCUT2D eigenvalue weighted by atomic mass is 35.5. The number of carboxylic acid groups (broad SMARTS) is 1. The van der Waals surface area contributed by atoms with Gasteiger partial charge in [0.2, 0.25) is 0 Å². The maximum absolute atomic E-state index is 14.2. The third kappa shape index (κ3) is 5.98. The number of ether oxygens (including phenoxy) is 1. The minimum atomic E-state index is -5.06. The SMILES string of the molecule is C=C/C=C(\C=C(\C)N)C(O)(C(C)c1ccc(OCc2cc(C(=O)O)ccn2)cc1Cl)C(F)(F)F. The molecular weight excluding hydrogens is 473 g/mol. The number of carbonyl (C=O) groups is 1. The number of carboxylic acids is 1. The van der Waals surface area contributed by atoms with E-state index in [2.05, 4.69) is 11.6 Å². The lowest BCUT2D eigenvalue weighted by atomic mass is 9.76. The van der Waals surface area contributed by atoms with Gasteiger partial charge >= 0.3 is 12.1 Å². The molecule has 0 spiro atoms. The number of aromatic nitrogens is 1. The number of nitrogens with zero attached hydrogens (tertiary/aromatic N) is 1. The van der Waals surface area contributed by atoms with Crippen LogP contribution in [-0.2, 0) is 6.61 Å². The molecule has 1 aromatic carbocycles. The third-order valence-electron chi connectivity index (χ3n) is 5.07. The average molecular weight is 497 g/mol. The van der Waals surface area contributed by atoms with Gasteiger partial charge in [0.15, 0.2) is 5.60 Å². The number of aromatic carboxylic acids is 1. The van der Waals surface area contributed by atoms with Gasteiger partial charge in [-0.05, 0) is 48.4 Å². The van der Waals surface area contributed by atoms with Crippen molar-refractivity contribution < 1.29 is 32.9 Å². The van der Waals surface area contributed by atoms with Crippen LogP contribution in [0.5, 0.6) is 5.75 Å². The zero-order chi connectivity index (χ0) is 25.7. The Morgan fingerprint density at radius 3 is 2.53 bits per heavy atom. The van der Waals surface area contributed by atoms with Gasteiger partial charge in [0.1, 0.15) is 12.4 Å². The van der Waals surface area contributed by atoms with E-state index < -0.39 is 29.2 Å². The lowest BCUT2D eigenvalue weighted by Gasteiger charge is -2.37. The van der Waals surface area contributed by atoms with Crippen LogP contribution in [0.15, 0.2) is 72.6 Å². The van der Waals surface area contributed by atoms with Gasteiger partial charge in [-0.25, -0.2) is 4.79 Å². The Morgan fingerprint density at radius 2 is 2.00 bits per heavy atom. The highest BCUT2D eigenvalue weighted by Gasteiger charge is 2.59. The van der Waals surface area contributed by atoms with Gasteiger partial charge in [0, 0.05) is 22.8 Å². The van der Waals surface area contributed by atoms with Crippen LogP contribution in [0.4, 0.5) is 13.2 Å². The second-order valence-electron chi connectivity index (χ2n) is 7.54. The molecular formula is C24H24ClF3N2O4. The first-order chi connectivity index (χ1) is 15.8. The van der Waals surface area contributed by atoms with E-state index in [9.17, 15) is 23.1 Å². The molecule has 0 aliphatic carbocycles. The van der Waals surface area contributed by atoms with Crippen molar-refractivity contribution in [2.75, 3.05) is 0 Å². The zero-order valence-corrected chi connectivity index (χ0v) is 19.2. The molecule has 0 radical (unpaired) electrons. The Bertz CT molecular complexity index is 1130. The van der Waals surface area contributed by atoms with E-state index in [0.717, 1.165) is 18.2 Å². The summed E-state index contributed by atoms with van der Waals surface area (Å²) in [6, 6.07) is 6.70. The van der Waals surface area contributed by atoms with E-state index in [4.69, 9.17) is 27.2 Å². The van der Waals surface area contributed by atoms with Gasteiger partial charge in [0.25, 0.3) is 0 Å². The molecule has 34 heavy (non-hydrogen) atoms. The van der Waals surface area contributed by atoms with E-state index in [1.54, 1.807) is 0 Å². The van der Waals surface area contributed by atoms with E-state index in [1.807, 2.05) is 0 Å². The van der Waals surface area contributed by atoms with Crippen LogP contribution in [0.3, 0.4) is 0 Å².